The molecule has 2 aliphatic heterocycles. The van der Waals surface area contributed by atoms with Crippen molar-refractivity contribution in [1.29, 1.82) is 0 Å². The van der Waals surface area contributed by atoms with E-state index in [0.29, 0.717) is 17.0 Å². The summed E-state index contributed by atoms with van der Waals surface area (Å²) in [6.45, 7) is 8.06. The van der Waals surface area contributed by atoms with Gasteiger partial charge < -0.3 is 15.0 Å². The second kappa shape index (κ2) is 8.22. The predicted octanol–water partition coefficient (Wildman–Crippen LogP) is 2.89. The van der Waals surface area contributed by atoms with Crippen molar-refractivity contribution in [1.82, 2.24) is 24.6 Å². The van der Waals surface area contributed by atoms with Gasteiger partial charge in [0, 0.05) is 43.8 Å². The highest BCUT2D eigenvalue weighted by atomic mass is 35.5. The number of aryl methyl sites for hydroxylation is 1. The number of hydrogen-bond acceptors (Lipinski definition) is 7. The lowest BCUT2D eigenvalue weighted by molar-refractivity contribution is -0.0660. The van der Waals surface area contributed by atoms with Gasteiger partial charge in [-0.3, -0.25) is 9.88 Å². The summed E-state index contributed by atoms with van der Waals surface area (Å²) in [7, 11) is 0. The zero-order valence-corrected chi connectivity index (χ0v) is 17.6. The molecule has 1 N–H and O–H groups in total. The Kier molecular flexibility index (Phi) is 5.28. The van der Waals surface area contributed by atoms with Crippen LogP contribution in [0, 0.1) is 6.92 Å². The van der Waals surface area contributed by atoms with Crippen molar-refractivity contribution in [2.45, 2.75) is 13.0 Å². The van der Waals surface area contributed by atoms with E-state index in [9.17, 15) is 0 Å². The van der Waals surface area contributed by atoms with Gasteiger partial charge in [0.05, 0.1) is 36.2 Å². The third kappa shape index (κ3) is 4.12. The average molecular weight is 426 g/mol. The third-order valence-electron chi connectivity index (χ3n) is 5.58. The lowest BCUT2D eigenvalue weighted by Gasteiger charge is -2.43. The SMILES string of the molecule is Cc1cc(Nc2ncn(-c3cncc(Cl)c3)n2)cc(N2CCN(C3COC3)CC2)c1. The smallest absolute Gasteiger partial charge is 0.246 e. The topological polar surface area (TPSA) is 71.3 Å². The molecule has 1 aromatic carbocycles. The van der Waals surface area contributed by atoms with E-state index in [-0.39, 0.29) is 0 Å². The van der Waals surface area contributed by atoms with Crippen LogP contribution in [0.3, 0.4) is 0 Å². The number of ether oxygens (including phenoxy) is 1. The summed E-state index contributed by atoms with van der Waals surface area (Å²) in [5, 5.41) is 8.38. The van der Waals surface area contributed by atoms with E-state index in [4.69, 9.17) is 16.3 Å². The zero-order valence-electron chi connectivity index (χ0n) is 16.8. The first-order valence-corrected chi connectivity index (χ1v) is 10.5. The first-order valence-electron chi connectivity index (χ1n) is 10.1. The van der Waals surface area contributed by atoms with Crippen molar-refractivity contribution in [2.24, 2.45) is 0 Å². The van der Waals surface area contributed by atoms with E-state index in [1.165, 1.54) is 11.3 Å². The Hall–Kier alpha value is -2.68. The Labute approximate surface area is 180 Å². The van der Waals surface area contributed by atoms with Gasteiger partial charge in [-0.1, -0.05) is 11.6 Å². The number of hydrogen-bond donors (Lipinski definition) is 1. The highest BCUT2D eigenvalue weighted by Gasteiger charge is 2.29. The fourth-order valence-corrected chi connectivity index (χ4v) is 4.06. The first kappa shape index (κ1) is 19.3. The third-order valence-corrected chi connectivity index (χ3v) is 5.79. The van der Waals surface area contributed by atoms with Crippen molar-refractivity contribution >= 4 is 28.9 Å². The largest absolute Gasteiger partial charge is 0.378 e. The van der Waals surface area contributed by atoms with Crippen LogP contribution in [0.5, 0.6) is 0 Å². The summed E-state index contributed by atoms with van der Waals surface area (Å²) in [5.74, 6) is 0.529. The number of benzene rings is 1. The summed E-state index contributed by atoms with van der Waals surface area (Å²) in [4.78, 5) is 13.4. The molecular weight excluding hydrogens is 402 g/mol. The van der Waals surface area contributed by atoms with Crippen LogP contribution < -0.4 is 10.2 Å². The first-order chi connectivity index (χ1) is 14.6. The van der Waals surface area contributed by atoms with Gasteiger partial charge in [0.15, 0.2) is 0 Å². The van der Waals surface area contributed by atoms with Gasteiger partial charge in [-0.05, 0) is 36.8 Å². The minimum Gasteiger partial charge on any atom is -0.378 e. The Balaban J connectivity index is 1.28. The van der Waals surface area contributed by atoms with Gasteiger partial charge in [0.25, 0.3) is 0 Å². The number of rotatable bonds is 5. The Morgan fingerprint density at radius 2 is 1.87 bits per heavy atom. The van der Waals surface area contributed by atoms with Crippen LogP contribution in [0.2, 0.25) is 5.02 Å². The maximum Gasteiger partial charge on any atom is 0.246 e. The predicted molar refractivity (Wildman–Crippen MR) is 117 cm³/mol. The van der Waals surface area contributed by atoms with Crippen molar-refractivity contribution in [3.8, 4) is 5.69 Å². The van der Waals surface area contributed by atoms with Crippen LogP contribution in [0.15, 0.2) is 43.0 Å². The highest BCUT2D eigenvalue weighted by Crippen LogP contribution is 2.26. The molecule has 0 spiro atoms. The maximum atomic E-state index is 6.02. The summed E-state index contributed by atoms with van der Waals surface area (Å²) in [6, 6.07) is 8.91. The minimum atomic E-state index is 0.529. The van der Waals surface area contributed by atoms with Crippen molar-refractivity contribution in [2.75, 3.05) is 49.6 Å². The van der Waals surface area contributed by atoms with Gasteiger partial charge in [0.2, 0.25) is 5.95 Å². The van der Waals surface area contributed by atoms with Crippen LogP contribution in [0.25, 0.3) is 5.69 Å². The Bertz CT molecular complexity index is 1030. The van der Waals surface area contributed by atoms with Crippen molar-refractivity contribution in [3.05, 3.63) is 53.6 Å². The molecule has 0 radical (unpaired) electrons. The molecule has 0 unspecified atom stereocenters. The van der Waals surface area contributed by atoms with Crippen molar-refractivity contribution in [3.63, 3.8) is 0 Å². The standard InChI is InChI=1S/C21H24ClN7O/c1-15-6-17(25-21-24-14-29(26-21)19-8-16(22)10-23-11-19)9-18(7-15)27-2-4-28(5-3-27)20-12-30-13-20/h6-11,14,20H,2-5,12-13H2,1H3,(H,25,26). The molecule has 4 heterocycles. The van der Waals surface area contributed by atoms with E-state index in [2.05, 4.69) is 55.3 Å². The monoisotopic (exact) mass is 425 g/mol. The summed E-state index contributed by atoms with van der Waals surface area (Å²) in [5.41, 5.74) is 4.16. The van der Waals surface area contributed by atoms with Gasteiger partial charge in [-0.2, -0.15) is 4.98 Å². The molecule has 2 fully saturated rings. The molecule has 2 aromatic heterocycles. The van der Waals surface area contributed by atoms with E-state index in [0.717, 1.165) is 50.8 Å². The van der Waals surface area contributed by atoms with Gasteiger partial charge >= 0.3 is 0 Å². The minimum absolute atomic E-state index is 0.529. The number of aromatic nitrogens is 4. The van der Waals surface area contributed by atoms with Gasteiger partial charge in [-0.15, -0.1) is 5.10 Å². The molecule has 0 aliphatic carbocycles. The quantitative estimate of drug-likeness (QED) is 0.673. The van der Waals surface area contributed by atoms with Crippen LogP contribution >= 0.6 is 11.6 Å². The summed E-state index contributed by atoms with van der Waals surface area (Å²) >= 11 is 6.02. The zero-order chi connectivity index (χ0) is 20.5. The summed E-state index contributed by atoms with van der Waals surface area (Å²) in [6.07, 6.45) is 4.94. The average Bonchev–Trinajstić information content (AvgIpc) is 3.15. The molecular formula is C21H24ClN7O. The normalized spacial score (nSPS) is 17.7. The van der Waals surface area contributed by atoms with Gasteiger partial charge in [0.1, 0.15) is 6.33 Å². The number of anilines is 3. The van der Waals surface area contributed by atoms with Crippen LogP contribution in [0.4, 0.5) is 17.3 Å². The van der Waals surface area contributed by atoms with Crippen LogP contribution in [-0.4, -0.2) is 70.1 Å². The van der Waals surface area contributed by atoms with E-state index < -0.39 is 0 Å². The number of halogens is 1. The van der Waals surface area contributed by atoms with Crippen molar-refractivity contribution < 1.29 is 4.74 Å². The highest BCUT2D eigenvalue weighted by molar-refractivity contribution is 6.30. The molecule has 3 aromatic rings. The summed E-state index contributed by atoms with van der Waals surface area (Å²) < 4.78 is 6.99. The number of nitrogens with one attached hydrogen (secondary N) is 1. The van der Waals surface area contributed by atoms with E-state index in [1.807, 2.05) is 0 Å². The maximum absolute atomic E-state index is 6.02. The van der Waals surface area contributed by atoms with E-state index >= 15 is 0 Å². The second-order valence-corrected chi connectivity index (χ2v) is 8.21. The Morgan fingerprint density at radius 1 is 1.03 bits per heavy atom. The fraction of sp³-hybridized carbons (Fsp3) is 0.381. The van der Waals surface area contributed by atoms with Crippen LogP contribution in [0.1, 0.15) is 5.56 Å². The van der Waals surface area contributed by atoms with Gasteiger partial charge in [-0.25, -0.2) is 4.68 Å². The number of pyridine rings is 1. The molecule has 5 rings (SSSR count). The lowest BCUT2D eigenvalue weighted by atomic mass is 10.1. The molecule has 156 valence electrons. The molecule has 0 bridgehead atoms. The molecule has 30 heavy (non-hydrogen) atoms. The molecule has 0 atom stereocenters. The molecule has 0 saturated carbocycles. The second-order valence-electron chi connectivity index (χ2n) is 7.77. The number of nitrogens with zero attached hydrogens (tertiary/aromatic N) is 6. The molecule has 8 nitrogen and oxygen atoms in total. The lowest BCUT2D eigenvalue weighted by Crippen LogP contribution is -2.56. The number of piperazine rings is 1. The Morgan fingerprint density at radius 3 is 2.60 bits per heavy atom. The molecule has 0 amide bonds. The fourth-order valence-electron chi connectivity index (χ4n) is 3.90. The van der Waals surface area contributed by atoms with Crippen LogP contribution in [-0.2, 0) is 4.74 Å². The molecule has 9 heteroatoms. The van der Waals surface area contributed by atoms with E-state index in [1.54, 1.807) is 29.5 Å². The molecule has 2 aliphatic rings. The molecule has 2 saturated heterocycles.